The Hall–Kier alpha value is -1.54. The van der Waals surface area contributed by atoms with Gasteiger partial charge in [0.2, 0.25) is 0 Å². The molecule has 0 fully saturated rings. The summed E-state index contributed by atoms with van der Waals surface area (Å²) < 4.78 is 5.52. The molecular weight excluding hydrogens is 222 g/mol. The molecule has 1 aromatic carbocycles. The Kier molecular flexibility index (Phi) is 3.20. The lowest BCUT2D eigenvalue weighted by atomic mass is 9.93. The molecule has 1 aliphatic rings. The molecular formula is C16H19NO. The van der Waals surface area contributed by atoms with Crippen LogP contribution in [0.25, 0.3) is 0 Å². The summed E-state index contributed by atoms with van der Waals surface area (Å²) in [6.45, 7) is 3.10. The van der Waals surface area contributed by atoms with Crippen LogP contribution in [0.1, 0.15) is 41.3 Å². The second-order valence-electron chi connectivity index (χ2n) is 5.05. The Morgan fingerprint density at radius 2 is 2.17 bits per heavy atom. The molecule has 0 spiro atoms. The van der Waals surface area contributed by atoms with Gasteiger partial charge in [-0.15, -0.1) is 0 Å². The van der Waals surface area contributed by atoms with Crippen molar-refractivity contribution in [2.75, 3.05) is 0 Å². The highest BCUT2D eigenvalue weighted by Gasteiger charge is 2.21. The fourth-order valence-corrected chi connectivity index (χ4v) is 2.74. The number of hydrogen-bond acceptors (Lipinski definition) is 2. The molecule has 18 heavy (non-hydrogen) atoms. The van der Waals surface area contributed by atoms with Gasteiger partial charge in [-0.2, -0.15) is 0 Å². The largest absolute Gasteiger partial charge is 0.469 e. The van der Waals surface area contributed by atoms with Gasteiger partial charge in [0.1, 0.15) is 5.76 Å². The minimum Gasteiger partial charge on any atom is -0.469 e. The lowest BCUT2D eigenvalue weighted by Gasteiger charge is -2.23. The minimum atomic E-state index is 0.451. The molecule has 2 nitrogen and oxygen atoms in total. The van der Waals surface area contributed by atoms with Gasteiger partial charge in [-0.05, 0) is 37.0 Å². The van der Waals surface area contributed by atoms with E-state index in [1.165, 1.54) is 35.3 Å². The summed E-state index contributed by atoms with van der Waals surface area (Å²) in [6.07, 6.45) is 5.33. The minimum absolute atomic E-state index is 0.451. The monoisotopic (exact) mass is 241 g/mol. The van der Waals surface area contributed by atoms with Gasteiger partial charge in [-0.1, -0.05) is 24.3 Å². The molecule has 1 atom stereocenters. The second kappa shape index (κ2) is 4.99. The van der Waals surface area contributed by atoms with Crippen molar-refractivity contribution < 1.29 is 4.42 Å². The zero-order valence-corrected chi connectivity index (χ0v) is 10.8. The quantitative estimate of drug-likeness (QED) is 0.885. The summed E-state index contributed by atoms with van der Waals surface area (Å²) in [6, 6.07) is 11.1. The van der Waals surface area contributed by atoms with E-state index in [1.807, 2.05) is 6.26 Å². The number of aryl methyl sites for hydroxylation is 2. The van der Waals surface area contributed by atoms with Crippen molar-refractivity contribution in [2.24, 2.45) is 0 Å². The molecule has 1 unspecified atom stereocenters. The number of fused-ring (bicyclic) bond motifs is 1. The van der Waals surface area contributed by atoms with E-state index in [1.54, 1.807) is 0 Å². The van der Waals surface area contributed by atoms with Crippen LogP contribution in [-0.2, 0) is 13.0 Å². The van der Waals surface area contributed by atoms with Crippen LogP contribution in [0.2, 0.25) is 0 Å². The molecule has 0 radical (unpaired) electrons. The Labute approximate surface area is 108 Å². The van der Waals surface area contributed by atoms with Crippen LogP contribution >= 0.6 is 0 Å². The number of nitrogens with one attached hydrogen (secondary N) is 1. The summed E-state index contributed by atoms with van der Waals surface area (Å²) in [5.41, 5.74) is 4.09. The van der Waals surface area contributed by atoms with Crippen molar-refractivity contribution >= 4 is 0 Å². The average Bonchev–Trinajstić information content (AvgIpc) is 2.86. The van der Waals surface area contributed by atoms with E-state index in [4.69, 9.17) is 4.42 Å². The Bertz CT molecular complexity index is 529. The first-order chi connectivity index (χ1) is 8.84. The standard InChI is InChI=1S/C16H19NO/c1-12-5-2-3-6-13(12)11-17-15-7-4-8-16-14(15)9-10-18-16/h2-3,5-6,9-10,15,17H,4,7-8,11H2,1H3. The summed E-state index contributed by atoms with van der Waals surface area (Å²) >= 11 is 0. The van der Waals surface area contributed by atoms with Gasteiger partial charge in [-0.25, -0.2) is 0 Å². The third kappa shape index (κ3) is 2.21. The first-order valence-corrected chi connectivity index (χ1v) is 6.69. The fraction of sp³-hybridized carbons (Fsp3) is 0.375. The Morgan fingerprint density at radius 3 is 3.06 bits per heavy atom. The van der Waals surface area contributed by atoms with Gasteiger partial charge in [0, 0.05) is 24.6 Å². The normalized spacial score (nSPS) is 18.6. The maximum absolute atomic E-state index is 5.52. The van der Waals surface area contributed by atoms with Crippen molar-refractivity contribution in [1.29, 1.82) is 0 Å². The van der Waals surface area contributed by atoms with Gasteiger partial charge in [0.05, 0.1) is 6.26 Å². The summed E-state index contributed by atoms with van der Waals surface area (Å²) in [4.78, 5) is 0. The van der Waals surface area contributed by atoms with Gasteiger partial charge < -0.3 is 9.73 Å². The number of benzene rings is 1. The summed E-state index contributed by atoms with van der Waals surface area (Å²) in [5, 5.41) is 3.66. The van der Waals surface area contributed by atoms with Crippen molar-refractivity contribution in [3.05, 3.63) is 59.0 Å². The van der Waals surface area contributed by atoms with Crippen LogP contribution in [0.5, 0.6) is 0 Å². The highest BCUT2D eigenvalue weighted by atomic mass is 16.3. The van der Waals surface area contributed by atoms with E-state index < -0.39 is 0 Å². The van der Waals surface area contributed by atoms with Crippen molar-refractivity contribution in [3.8, 4) is 0 Å². The van der Waals surface area contributed by atoms with Crippen molar-refractivity contribution in [3.63, 3.8) is 0 Å². The molecule has 1 aliphatic carbocycles. The Morgan fingerprint density at radius 1 is 1.28 bits per heavy atom. The van der Waals surface area contributed by atoms with Gasteiger partial charge >= 0.3 is 0 Å². The molecule has 0 saturated carbocycles. The molecule has 1 heterocycles. The zero-order chi connectivity index (χ0) is 12.4. The van der Waals surface area contributed by atoms with Crippen LogP contribution in [-0.4, -0.2) is 0 Å². The molecule has 0 aliphatic heterocycles. The highest BCUT2D eigenvalue weighted by Crippen LogP contribution is 2.30. The molecule has 2 aromatic rings. The predicted molar refractivity (Wildman–Crippen MR) is 72.4 cm³/mol. The topological polar surface area (TPSA) is 25.2 Å². The van der Waals surface area contributed by atoms with E-state index in [-0.39, 0.29) is 0 Å². The maximum Gasteiger partial charge on any atom is 0.108 e. The average molecular weight is 241 g/mol. The molecule has 3 rings (SSSR count). The molecule has 2 heteroatoms. The third-order valence-electron chi connectivity index (χ3n) is 3.85. The van der Waals surface area contributed by atoms with E-state index >= 15 is 0 Å². The highest BCUT2D eigenvalue weighted by molar-refractivity contribution is 5.27. The smallest absolute Gasteiger partial charge is 0.108 e. The Balaban J connectivity index is 1.71. The third-order valence-corrected chi connectivity index (χ3v) is 3.85. The molecule has 1 aromatic heterocycles. The van der Waals surface area contributed by atoms with Crippen LogP contribution < -0.4 is 5.32 Å². The van der Waals surface area contributed by atoms with E-state index in [0.29, 0.717) is 6.04 Å². The zero-order valence-electron chi connectivity index (χ0n) is 10.8. The summed E-state index contributed by atoms with van der Waals surface area (Å²) in [5.74, 6) is 1.17. The lowest BCUT2D eigenvalue weighted by molar-refractivity contribution is 0.410. The summed E-state index contributed by atoms with van der Waals surface area (Å²) in [7, 11) is 0. The maximum atomic E-state index is 5.52. The van der Waals surface area contributed by atoms with E-state index in [2.05, 4.69) is 42.6 Å². The lowest BCUT2D eigenvalue weighted by Crippen LogP contribution is -2.24. The van der Waals surface area contributed by atoms with Crippen molar-refractivity contribution in [1.82, 2.24) is 5.32 Å². The SMILES string of the molecule is Cc1ccccc1CNC1CCCc2occc21. The van der Waals surface area contributed by atoms with E-state index in [9.17, 15) is 0 Å². The van der Waals surface area contributed by atoms with Gasteiger partial charge in [0.25, 0.3) is 0 Å². The second-order valence-corrected chi connectivity index (χ2v) is 5.05. The number of hydrogen-bond donors (Lipinski definition) is 1. The van der Waals surface area contributed by atoms with Gasteiger partial charge in [0.15, 0.2) is 0 Å². The predicted octanol–water partition coefficient (Wildman–Crippen LogP) is 3.76. The van der Waals surface area contributed by atoms with Crippen LogP contribution in [0.3, 0.4) is 0 Å². The molecule has 0 bridgehead atoms. The van der Waals surface area contributed by atoms with Crippen LogP contribution in [0.4, 0.5) is 0 Å². The van der Waals surface area contributed by atoms with Crippen molar-refractivity contribution in [2.45, 2.75) is 38.8 Å². The number of furan rings is 1. The molecule has 0 amide bonds. The van der Waals surface area contributed by atoms with Crippen LogP contribution in [0, 0.1) is 6.92 Å². The first kappa shape index (κ1) is 11.5. The molecule has 0 saturated heterocycles. The number of rotatable bonds is 3. The van der Waals surface area contributed by atoms with Gasteiger partial charge in [-0.3, -0.25) is 0 Å². The molecule has 94 valence electrons. The first-order valence-electron chi connectivity index (χ1n) is 6.69. The van der Waals surface area contributed by atoms with Crippen LogP contribution in [0.15, 0.2) is 41.0 Å². The fourth-order valence-electron chi connectivity index (χ4n) is 2.74. The van der Waals surface area contributed by atoms with E-state index in [0.717, 1.165) is 13.0 Å². The molecule has 1 N–H and O–H groups in total.